The lowest BCUT2D eigenvalue weighted by atomic mass is 9.60. The summed E-state index contributed by atoms with van der Waals surface area (Å²) in [4.78, 5) is 38.1. The Morgan fingerprint density at radius 3 is 2.51 bits per heavy atom. The van der Waals surface area contributed by atoms with Crippen molar-refractivity contribution in [3.63, 3.8) is 0 Å². The van der Waals surface area contributed by atoms with E-state index in [0.717, 1.165) is 11.8 Å². The van der Waals surface area contributed by atoms with E-state index < -0.39 is 62.0 Å². The van der Waals surface area contributed by atoms with Gasteiger partial charge in [-0.3, -0.25) is 14.4 Å². The summed E-state index contributed by atoms with van der Waals surface area (Å²) in [6.07, 6.45) is 1.86. The summed E-state index contributed by atoms with van der Waals surface area (Å²) in [6, 6.07) is 2.97. The fraction of sp³-hybridized carbons (Fsp3) is 0.435. The number of Topliss-reactive ketones (excluding diaryl/α,β-unsaturated/α-hetero) is 2. The molecule has 0 unspecified atom stereocenters. The van der Waals surface area contributed by atoms with Crippen LogP contribution >= 0.6 is 0 Å². The second kappa shape index (κ2) is 8.47. The van der Waals surface area contributed by atoms with Crippen LogP contribution in [0.3, 0.4) is 0 Å². The summed E-state index contributed by atoms with van der Waals surface area (Å²) in [5, 5.41) is 42.9. The number of sulfonamides is 1. The Balaban J connectivity index is 1.74. The molecule has 7 N–H and O–H groups in total. The van der Waals surface area contributed by atoms with Gasteiger partial charge >= 0.3 is 0 Å². The monoisotopic (exact) mass is 506 g/mol. The van der Waals surface area contributed by atoms with Crippen LogP contribution in [0, 0.1) is 11.8 Å². The van der Waals surface area contributed by atoms with Crippen LogP contribution in [0.1, 0.15) is 40.7 Å². The summed E-state index contributed by atoms with van der Waals surface area (Å²) in [6.45, 7) is 0.183. The normalized spacial score (nSPS) is 26.3. The molecule has 12 heteroatoms. The van der Waals surface area contributed by atoms with E-state index in [1.165, 1.54) is 6.07 Å². The number of phenols is 1. The van der Waals surface area contributed by atoms with E-state index in [1.54, 1.807) is 6.07 Å². The number of nitrogens with one attached hydrogen (secondary N) is 1. The zero-order chi connectivity index (χ0) is 25.9. The van der Waals surface area contributed by atoms with E-state index in [9.17, 15) is 43.2 Å². The number of aliphatic hydroxyl groups is 3. The van der Waals surface area contributed by atoms with Gasteiger partial charge in [0.15, 0.2) is 11.4 Å². The summed E-state index contributed by atoms with van der Waals surface area (Å²) in [7, 11) is -3.35. The van der Waals surface area contributed by atoms with Gasteiger partial charge in [-0.05, 0) is 48.8 Å². The second-order valence-electron chi connectivity index (χ2n) is 9.28. The molecule has 3 atom stereocenters. The van der Waals surface area contributed by atoms with E-state index in [2.05, 4.69) is 4.72 Å². The molecule has 0 aliphatic heterocycles. The molecular weight excluding hydrogens is 480 g/mol. The molecule has 1 aromatic carbocycles. The number of primary amides is 1. The van der Waals surface area contributed by atoms with Gasteiger partial charge in [-0.1, -0.05) is 6.07 Å². The van der Waals surface area contributed by atoms with Gasteiger partial charge in [-0.15, -0.1) is 0 Å². The maximum Gasteiger partial charge on any atom is 0.255 e. The van der Waals surface area contributed by atoms with Gasteiger partial charge in [0.25, 0.3) is 5.91 Å². The van der Waals surface area contributed by atoms with Crippen molar-refractivity contribution >= 4 is 27.5 Å². The maximum absolute atomic E-state index is 13.5. The van der Waals surface area contributed by atoms with E-state index in [1.807, 2.05) is 0 Å². The first-order chi connectivity index (χ1) is 16.3. The number of phenolic OH excluding ortho intramolecular Hbond substituents is 1. The van der Waals surface area contributed by atoms with Crippen LogP contribution in [0.15, 0.2) is 34.8 Å². The molecule has 11 nitrogen and oxygen atoms in total. The van der Waals surface area contributed by atoms with Crippen molar-refractivity contribution in [2.75, 3.05) is 12.8 Å². The fourth-order valence-corrected chi connectivity index (χ4v) is 5.97. The van der Waals surface area contributed by atoms with E-state index in [4.69, 9.17) is 5.73 Å². The number of allylic oxidation sites excluding steroid dienone is 2. The predicted molar refractivity (Wildman–Crippen MR) is 122 cm³/mol. The average Bonchev–Trinajstić information content (AvgIpc) is 2.74. The highest BCUT2D eigenvalue weighted by Gasteiger charge is 2.59. The zero-order valence-corrected chi connectivity index (χ0v) is 19.7. The number of nitrogens with two attached hydrogens (primary N) is 1. The number of carbonyl (C=O) groups is 3. The SMILES string of the molecule is CS(=O)(=O)NCCCc1ccc(O)c2c1C[C@H]1C[C@H]3CC(O)=C(C(N)=O)C(=O)[C@@]3(O)C(O)=C1C2=O. The van der Waals surface area contributed by atoms with Crippen LogP contribution in [-0.4, -0.2) is 64.7 Å². The van der Waals surface area contributed by atoms with Gasteiger partial charge in [0.1, 0.15) is 22.8 Å². The first-order valence-electron chi connectivity index (χ1n) is 11.0. The first-order valence-corrected chi connectivity index (χ1v) is 12.9. The molecule has 0 heterocycles. The van der Waals surface area contributed by atoms with Gasteiger partial charge in [-0.2, -0.15) is 0 Å². The number of aliphatic hydroxyl groups excluding tert-OH is 2. The highest BCUT2D eigenvalue weighted by molar-refractivity contribution is 7.88. The first kappa shape index (κ1) is 24.9. The second-order valence-corrected chi connectivity index (χ2v) is 11.1. The number of ketones is 2. The lowest BCUT2D eigenvalue weighted by Crippen LogP contribution is -2.57. The Labute approximate surface area is 201 Å². The number of aryl methyl sites for hydroxylation is 1. The topological polar surface area (TPSA) is 204 Å². The number of rotatable bonds is 6. The van der Waals surface area contributed by atoms with Crippen molar-refractivity contribution in [3.8, 4) is 5.75 Å². The molecule has 4 rings (SSSR count). The number of carbonyl (C=O) groups excluding carboxylic acids is 3. The molecule has 0 bridgehead atoms. The minimum Gasteiger partial charge on any atom is -0.511 e. The lowest BCUT2D eigenvalue weighted by molar-refractivity contribution is -0.144. The maximum atomic E-state index is 13.5. The number of hydrogen-bond acceptors (Lipinski definition) is 9. The summed E-state index contributed by atoms with van der Waals surface area (Å²) < 4.78 is 25.0. The third-order valence-electron chi connectivity index (χ3n) is 7.03. The molecule has 3 aliphatic rings. The molecule has 0 saturated carbocycles. The predicted octanol–water partition coefficient (Wildman–Crippen LogP) is 0.0623. The number of benzene rings is 1. The number of aromatic hydroxyl groups is 1. The number of hydrogen-bond donors (Lipinski definition) is 6. The quantitative estimate of drug-likeness (QED) is 0.228. The standard InChI is InChI=1S/C23H26N2O9S/c1-35(33,34)25-6-2-3-10-4-5-14(26)17-13(10)8-11-7-12-9-15(27)18(22(24)31)21(30)23(12,32)20(29)16(11)19(17)28/h4-5,11-12,25-27,29,32H,2-3,6-9H2,1H3,(H2,24,31)/t11-,12+,23+/m1/s1. The number of fused-ring (bicyclic) bond motifs is 3. The van der Waals surface area contributed by atoms with Crippen molar-refractivity contribution < 1.29 is 43.2 Å². The van der Waals surface area contributed by atoms with Crippen LogP contribution in [0.2, 0.25) is 0 Å². The van der Waals surface area contributed by atoms with Gasteiger partial charge < -0.3 is 26.2 Å². The van der Waals surface area contributed by atoms with Crippen LogP contribution in [0.25, 0.3) is 0 Å². The number of amides is 1. The molecule has 0 aromatic heterocycles. The Morgan fingerprint density at radius 2 is 1.89 bits per heavy atom. The molecule has 0 radical (unpaired) electrons. The molecule has 0 spiro atoms. The Hall–Kier alpha value is -3.22. The summed E-state index contributed by atoms with van der Waals surface area (Å²) in [5.41, 5.74) is 2.75. The van der Waals surface area contributed by atoms with Crippen LogP contribution in [-0.2, 0) is 32.5 Å². The van der Waals surface area contributed by atoms with Gasteiger partial charge in [0, 0.05) is 24.5 Å². The van der Waals surface area contributed by atoms with Crippen LogP contribution in [0.4, 0.5) is 0 Å². The minimum absolute atomic E-state index is 0.0493. The van der Waals surface area contributed by atoms with E-state index >= 15 is 0 Å². The van der Waals surface area contributed by atoms with Gasteiger partial charge in [0.2, 0.25) is 15.8 Å². The average molecular weight is 507 g/mol. The van der Waals surface area contributed by atoms with E-state index in [0.29, 0.717) is 18.4 Å². The zero-order valence-electron chi connectivity index (χ0n) is 18.9. The summed E-state index contributed by atoms with van der Waals surface area (Å²) >= 11 is 0. The molecule has 35 heavy (non-hydrogen) atoms. The minimum atomic E-state index is -3.35. The Kier molecular flexibility index (Phi) is 6.02. The lowest BCUT2D eigenvalue weighted by Gasteiger charge is -2.45. The molecular formula is C23H26N2O9S. The molecule has 0 fully saturated rings. The molecule has 1 amide bonds. The third-order valence-corrected chi connectivity index (χ3v) is 7.76. The largest absolute Gasteiger partial charge is 0.511 e. The van der Waals surface area contributed by atoms with Crippen molar-refractivity contribution in [1.29, 1.82) is 0 Å². The molecule has 188 valence electrons. The highest BCUT2D eigenvalue weighted by atomic mass is 32.2. The smallest absolute Gasteiger partial charge is 0.255 e. The van der Waals surface area contributed by atoms with Crippen molar-refractivity contribution in [3.05, 3.63) is 51.5 Å². The molecule has 3 aliphatic carbocycles. The van der Waals surface area contributed by atoms with Crippen molar-refractivity contribution in [1.82, 2.24) is 4.72 Å². The van der Waals surface area contributed by atoms with Crippen LogP contribution < -0.4 is 10.5 Å². The third kappa shape index (κ3) is 4.01. The fourth-order valence-electron chi connectivity index (χ4n) is 5.45. The van der Waals surface area contributed by atoms with E-state index in [-0.39, 0.29) is 42.7 Å². The molecule has 0 saturated heterocycles. The van der Waals surface area contributed by atoms with Gasteiger partial charge in [0.05, 0.1) is 11.8 Å². The van der Waals surface area contributed by atoms with Crippen molar-refractivity contribution in [2.24, 2.45) is 17.6 Å². The Morgan fingerprint density at radius 1 is 1.20 bits per heavy atom. The van der Waals surface area contributed by atoms with Crippen molar-refractivity contribution in [2.45, 2.75) is 37.7 Å². The Bertz CT molecular complexity index is 1330. The van der Waals surface area contributed by atoms with Gasteiger partial charge in [-0.25, -0.2) is 13.1 Å². The highest BCUT2D eigenvalue weighted by Crippen LogP contribution is 2.51. The molecule has 1 aromatic rings. The summed E-state index contributed by atoms with van der Waals surface area (Å²) in [5.74, 6) is -6.70. The van der Waals surface area contributed by atoms with Crippen LogP contribution in [0.5, 0.6) is 5.75 Å².